The summed E-state index contributed by atoms with van der Waals surface area (Å²) in [6.45, 7) is -0.118. The first-order valence-electron chi connectivity index (χ1n) is 8.88. The van der Waals surface area contributed by atoms with Crippen molar-refractivity contribution < 1.29 is 24.9 Å². The SMILES string of the molecule is O=C1NC[C@@H](O)[C@@H]([C@H](O)[C@@H](O)/C(N=Nc2ccccc2)=N\Nc2ccccc2)O1. The van der Waals surface area contributed by atoms with E-state index in [1.807, 2.05) is 12.1 Å². The van der Waals surface area contributed by atoms with Crippen LogP contribution in [0.2, 0.25) is 0 Å². The average Bonchev–Trinajstić information content (AvgIpc) is 2.76. The van der Waals surface area contributed by atoms with Crippen molar-refractivity contribution in [2.24, 2.45) is 15.3 Å². The van der Waals surface area contributed by atoms with Crippen LogP contribution in [-0.4, -0.2) is 58.2 Å². The van der Waals surface area contributed by atoms with Crippen LogP contribution in [0.25, 0.3) is 0 Å². The number of hydrogen-bond donors (Lipinski definition) is 5. The fourth-order valence-electron chi connectivity index (χ4n) is 2.56. The van der Waals surface area contributed by atoms with Crippen molar-refractivity contribution in [1.29, 1.82) is 0 Å². The van der Waals surface area contributed by atoms with Crippen molar-refractivity contribution in [1.82, 2.24) is 5.32 Å². The monoisotopic (exact) mass is 399 g/mol. The third kappa shape index (κ3) is 5.57. The molecule has 152 valence electrons. The summed E-state index contributed by atoms with van der Waals surface area (Å²) in [5, 5.41) is 45.3. The number of alkyl carbamates (subject to hydrolysis) is 1. The molecular weight excluding hydrogens is 378 g/mol. The van der Waals surface area contributed by atoms with E-state index in [9.17, 15) is 20.1 Å². The van der Waals surface area contributed by atoms with Gasteiger partial charge in [-0.25, -0.2) is 4.79 Å². The summed E-state index contributed by atoms with van der Waals surface area (Å²) in [5.41, 5.74) is 3.85. The highest BCUT2D eigenvalue weighted by Gasteiger charge is 2.40. The van der Waals surface area contributed by atoms with Crippen molar-refractivity contribution in [3.8, 4) is 0 Å². The zero-order chi connectivity index (χ0) is 20.6. The summed E-state index contributed by atoms with van der Waals surface area (Å²) in [5.74, 6) is -0.257. The molecule has 2 aromatic carbocycles. The highest BCUT2D eigenvalue weighted by Crippen LogP contribution is 2.17. The highest BCUT2D eigenvalue weighted by atomic mass is 16.6. The minimum atomic E-state index is -1.69. The van der Waals surface area contributed by atoms with Crippen LogP contribution in [0.4, 0.5) is 16.2 Å². The van der Waals surface area contributed by atoms with Gasteiger partial charge in [0.25, 0.3) is 0 Å². The van der Waals surface area contributed by atoms with Gasteiger partial charge in [0.2, 0.25) is 5.84 Å². The predicted octanol–water partition coefficient (Wildman–Crippen LogP) is 1.39. The second kappa shape index (κ2) is 9.73. The number of amides is 1. The van der Waals surface area contributed by atoms with E-state index in [-0.39, 0.29) is 12.4 Å². The number of amidine groups is 1. The standard InChI is InChI=1S/C19H21N5O5/c25-14-11-20-19(28)29-17(14)15(26)16(27)18(23-21-12-7-3-1-4-8-12)24-22-13-9-5-2-6-10-13/h1-10,14-17,21,25-27H,11H2,(H,20,28)/b23-18+,24-22?/t14-,15-,16-,17+/m1/s1. The number of benzene rings is 2. The number of nitrogens with one attached hydrogen (secondary N) is 2. The van der Waals surface area contributed by atoms with Gasteiger partial charge in [-0.1, -0.05) is 36.4 Å². The number of carbonyl (C=O) groups is 1. The number of hydrogen-bond acceptors (Lipinski definition) is 8. The molecule has 4 atom stereocenters. The number of aliphatic hydroxyl groups is 3. The first kappa shape index (κ1) is 20.4. The molecule has 0 bridgehead atoms. The largest absolute Gasteiger partial charge is 0.441 e. The average molecular weight is 399 g/mol. The van der Waals surface area contributed by atoms with Crippen molar-refractivity contribution in [3.05, 3.63) is 60.7 Å². The van der Waals surface area contributed by atoms with Crippen molar-refractivity contribution in [2.75, 3.05) is 12.0 Å². The third-order valence-corrected chi connectivity index (χ3v) is 4.10. The topological polar surface area (TPSA) is 148 Å². The van der Waals surface area contributed by atoms with Crippen LogP contribution in [0.15, 0.2) is 76.0 Å². The first-order valence-corrected chi connectivity index (χ1v) is 8.88. The Hall–Kier alpha value is -3.34. The number of nitrogens with zero attached hydrogens (tertiary/aromatic N) is 3. The molecule has 5 N–H and O–H groups in total. The molecule has 1 fully saturated rings. The number of ether oxygens (including phenoxy) is 1. The van der Waals surface area contributed by atoms with Crippen molar-refractivity contribution in [3.63, 3.8) is 0 Å². The summed E-state index contributed by atoms with van der Waals surface area (Å²) in [6.07, 6.45) is -6.75. The van der Waals surface area contributed by atoms with Gasteiger partial charge >= 0.3 is 6.09 Å². The minimum Gasteiger partial charge on any atom is -0.441 e. The smallest absolute Gasteiger partial charge is 0.407 e. The lowest BCUT2D eigenvalue weighted by molar-refractivity contribution is -0.104. The van der Waals surface area contributed by atoms with Gasteiger partial charge in [-0.05, 0) is 24.3 Å². The van der Waals surface area contributed by atoms with Gasteiger partial charge in [0.1, 0.15) is 18.3 Å². The number of carbonyl (C=O) groups excluding carboxylic acids is 1. The first-order chi connectivity index (χ1) is 14.0. The van der Waals surface area contributed by atoms with Gasteiger partial charge in [-0.2, -0.15) is 5.10 Å². The lowest BCUT2D eigenvalue weighted by Crippen LogP contribution is -2.57. The molecule has 1 aliphatic rings. The van der Waals surface area contributed by atoms with Gasteiger partial charge < -0.3 is 25.4 Å². The van der Waals surface area contributed by atoms with E-state index in [1.54, 1.807) is 48.5 Å². The van der Waals surface area contributed by atoms with Gasteiger partial charge in [0.05, 0.1) is 17.9 Å². The highest BCUT2D eigenvalue weighted by molar-refractivity contribution is 5.88. The Bertz CT molecular complexity index is 862. The molecule has 29 heavy (non-hydrogen) atoms. The fourth-order valence-corrected chi connectivity index (χ4v) is 2.56. The van der Waals surface area contributed by atoms with Crippen LogP contribution >= 0.6 is 0 Å². The zero-order valence-corrected chi connectivity index (χ0v) is 15.3. The quantitative estimate of drug-likeness (QED) is 0.215. The summed E-state index contributed by atoms with van der Waals surface area (Å²) < 4.78 is 4.90. The molecule has 2 aromatic rings. The van der Waals surface area contributed by atoms with Gasteiger partial charge in [0.15, 0.2) is 6.10 Å². The Kier molecular flexibility index (Phi) is 6.85. The predicted molar refractivity (Wildman–Crippen MR) is 105 cm³/mol. The number of azo groups is 1. The minimum absolute atomic E-state index is 0.118. The Morgan fingerprint density at radius 1 is 1.10 bits per heavy atom. The molecule has 1 saturated heterocycles. The Balaban J connectivity index is 1.82. The Labute approximate surface area is 166 Å². The molecule has 1 aliphatic heterocycles. The van der Waals surface area contributed by atoms with Crippen LogP contribution < -0.4 is 10.7 Å². The van der Waals surface area contributed by atoms with Crippen molar-refractivity contribution >= 4 is 23.3 Å². The molecule has 10 heteroatoms. The number of rotatable bonds is 6. The zero-order valence-electron chi connectivity index (χ0n) is 15.3. The van der Waals surface area contributed by atoms with E-state index in [2.05, 4.69) is 26.1 Å². The summed E-state index contributed by atoms with van der Waals surface area (Å²) in [7, 11) is 0. The molecule has 0 spiro atoms. The molecule has 0 aromatic heterocycles. The van der Waals surface area contributed by atoms with Gasteiger partial charge in [-0.15, -0.1) is 10.2 Å². The summed E-state index contributed by atoms with van der Waals surface area (Å²) in [6, 6.07) is 17.7. The second-order valence-corrected chi connectivity index (χ2v) is 6.24. The van der Waals surface area contributed by atoms with E-state index < -0.39 is 30.5 Å². The molecule has 3 rings (SSSR count). The van der Waals surface area contributed by atoms with E-state index in [1.165, 1.54) is 0 Å². The second-order valence-electron chi connectivity index (χ2n) is 6.24. The Morgan fingerprint density at radius 3 is 2.45 bits per heavy atom. The molecule has 10 nitrogen and oxygen atoms in total. The molecule has 0 aliphatic carbocycles. The molecule has 0 saturated carbocycles. The lowest BCUT2D eigenvalue weighted by atomic mass is 10.0. The van der Waals surface area contributed by atoms with Crippen LogP contribution in [0.5, 0.6) is 0 Å². The maximum atomic E-state index is 11.4. The van der Waals surface area contributed by atoms with E-state index in [0.717, 1.165) is 0 Å². The number of anilines is 1. The number of hydrazone groups is 1. The van der Waals surface area contributed by atoms with Crippen LogP contribution in [0.1, 0.15) is 0 Å². The maximum Gasteiger partial charge on any atom is 0.407 e. The maximum absolute atomic E-state index is 11.4. The fraction of sp³-hybridized carbons (Fsp3) is 0.263. The molecule has 1 amide bonds. The van der Waals surface area contributed by atoms with Crippen molar-refractivity contribution in [2.45, 2.75) is 24.4 Å². The Morgan fingerprint density at radius 2 is 1.76 bits per heavy atom. The van der Waals surface area contributed by atoms with E-state index >= 15 is 0 Å². The normalized spacial score (nSPS) is 21.9. The number of para-hydroxylation sites is 1. The molecular formula is C19H21N5O5. The molecule has 0 radical (unpaired) electrons. The van der Waals surface area contributed by atoms with Crippen LogP contribution in [0.3, 0.4) is 0 Å². The van der Waals surface area contributed by atoms with Gasteiger partial charge in [-0.3, -0.25) is 5.43 Å². The van der Waals surface area contributed by atoms with Crippen LogP contribution in [-0.2, 0) is 4.74 Å². The molecule has 1 heterocycles. The third-order valence-electron chi connectivity index (χ3n) is 4.10. The van der Waals surface area contributed by atoms with E-state index in [0.29, 0.717) is 11.4 Å². The summed E-state index contributed by atoms with van der Waals surface area (Å²) >= 11 is 0. The van der Waals surface area contributed by atoms with E-state index in [4.69, 9.17) is 4.74 Å². The number of β-amino-alcohol motifs (C(OH)–C–C–N with tert-alkyl or cyclic N) is 1. The van der Waals surface area contributed by atoms with Gasteiger partial charge in [0, 0.05) is 0 Å². The number of cyclic esters (lactones) is 1. The van der Waals surface area contributed by atoms with Crippen LogP contribution in [0, 0.1) is 0 Å². The molecule has 0 unspecified atom stereocenters. The number of aliphatic hydroxyl groups excluding tert-OH is 3. The lowest BCUT2D eigenvalue weighted by Gasteiger charge is -2.33. The summed E-state index contributed by atoms with van der Waals surface area (Å²) in [4.78, 5) is 11.4.